The highest BCUT2D eigenvalue weighted by molar-refractivity contribution is 5.40. The van der Waals surface area contributed by atoms with E-state index in [0.29, 0.717) is 18.0 Å². The molecule has 4 nitrogen and oxygen atoms in total. The number of nitrogens with two attached hydrogens (primary N) is 1. The Morgan fingerprint density at radius 1 is 1.22 bits per heavy atom. The fourth-order valence-corrected chi connectivity index (χ4v) is 1.57. The second-order valence-corrected chi connectivity index (χ2v) is 3.75. The van der Waals surface area contributed by atoms with E-state index in [1.165, 1.54) is 0 Å². The summed E-state index contributed by atoms with van der Waals surface area (Å²) in [5, 5.41) is 8.90. The number of benzene rings is 1. The minimum absolute atomic E-state index is 0.281. The summed E-state index contributed by atoms with van der Waals surface area (Å²) in [5.41, 5.74) is 6.93. The molecule has 0 saturated carbocycles. The lowest BCUT2D eigenvalue weighted by atomic mass is 10.1. The van der Waals surface area contributed by atoms with Crippen LogP contribution in [0.25, 0.3) is 0 Å². The molecule has 0 bridgehead atoms. The molecule has 0 amide bonds. The van der Waals surface area contributed by atoms with E-state index in [-0.39, 0.29) is 5.69 Å². The van der Waals surface area contributed by atoms with Gasteiger partial charge in [-0.3, -0.25) is 0 Å². The first-order valence-corrected chi connectivity index (χ1v) is 5.65. The van der Waals surface area contributed by atoms with Crippen LogP contribution in [0.5, 0.6) is 11.5 Å². The first-order valence-electron chi connectivity index (χ1n) is 5.65. The van der Waals surface area contributed by atoms with Crippen LogP contribution in [0.2, 0.25) is 0 Å². The van der Waals surface area contributed by atoms with Gasteiger partial charge in [-0.05, 0) is 42.8 Å². The van der Waals surface area contributed by atoms with Crippen molar-refractivity contribution in [1.29, 1.82) is 5.26 Å². The molecular weight excluding hydrogens is 226 g/mol. The lowest BCUT2D eigenvalue weighted by Gasteiger charge is -2.07. The largest absolute Gasteiger partial charge is 0.454 e. The lowest BCUT2D eigenvalue weighted by molar-refractivity contribution is 0.478. The molecule has 0 atom stereocenters. The molecule has 1 heterocycles. The summed E-state index contributed by atoms with van der Waals surface area (Å²) in [6, 6.07) is 13.1. The van der Waals surface area contributed by atoms with Gasteiger partial charge in [0.05, 0.1) is 0 Å². The van der Waals surface area contributed by atoms with Gasteiger partial charge in [-0.25, -0.2) is 4.98 Å². The number of rotatable bonds is 4. The number of hydrogen-bond donors (Lipinski definition) is 1. The predicted octanol–water partition coefficient (Wildman–Crippen LogP) is 2.25. The second kappa shape index (κ2) is 5.80. The standard InChI is InChI=1S/C14H13N3O/c15-8-7-11-3-5-12(6-4-11)18-14-2-1-9-17-13(14)10-16/h1-6,9H,7-8,15H2. The molecule has 0 spiro atoms. The molecular formula is C14H13N3O. The van der Waals surface area contributed by atoms with E-state index in [9.17, 15) is 0 Å². The van der Waals surface area contributed by atoms with E-state index in [4.69, 9.17) is 15.7 Å². The van der Waals surface area contributed by atoms with Crippen molar-refractivity contribution in [2.24, 2.45) is 5.73 Å². The van der Waals surface area contributed by atoms with Gasteiger partial charge in [0, 0.05) is 6.20 Å². The summed E-state index contributed by atoms with van der Waals surface area (Å²) < 4.78 is 5.62. The van der Waals surface area contributed by atoms with Gasteiger partial charge >= 0.3 is 0 Å². The fraction of sp³-hybridized carbons (Fsp3) is 0.143. The normalized spacial score (nSPS) is 9.78. The molecule has 2 aromatic rings. The Morgan fingerprint density at radius 2 is 2.00 bits per heavy atom. The van der Waals surface area contributed by atoms with Crippen LogP contribution in [-0.2, 0) is 6.42 Å². The third-order valence-electron chi connectivity index (χ3n) is 2.46. The van der Waals surface area contributed by atoms with Gasteiger partial charge in [-0.1, -0.05) is 12.1 Å². The van der Waals surface area contributed by atoms with Gasteiger partial charge in [-0.2, -0.15) is 5.26 Å². The molecule has 0 aliphatic carbocycles. The molecule has 2 N–H and O–H groups in total. The summed E-state index contributed by atoms with van der Waals surface area (Å²) in [6.45, 7) is 0.626. The van der Waals surface area contributed by atoms with E-state index in [1.54, 1.807) is 18.3 Å². The van der Waals surface area contributed by atoms with Crippen molar-refractivity contribution in [2.75, 3.05) is 6.54 Å². The van der Waals surface area contributed by atoms with Gasteiger partial charge in [0.1, 0.15) is 11.8 Å². The van der Waals surface area contributed by atoms with Gasteiger partial charge in [-0.15, -0.1) is 0 Å². The summed E-state index contributed by atoms with van der Waals surface area (Å²) in [6.07, 6.45) is 2.41. The van der Waals surface area contributed by atoms with Gasteiger partial charge in [0.15, 0.2) is 11.4 Å². The maximum Gasteiger partial charge on any atom is 0.183 e. The zero-order valence-electron chi connectivity index (χ0n) is 9.84. The highest BCUT2D eigenvalue weighted by Crippen LogP contribution is 2.23. The van der Waals surface area contributed by atoms with Crippen LogP contribution < -0.4 is 10.5 Å². The van der Waals surface area contributed by atoms with Crippen LogP contribution in [-0.4, -0.2) is 11.5 Å². The van der Waals surface area contributed by atoms with E-state index in [2.05, 4.69) is 4.98 Å². The Morgan fingerprint density at radius 3 is 2.67 bits per heavy atom. The quantitative estimate of drug-likeness (QED) is 0.888. The monoisotopic (exact) mass is 239 g/mol. The predicted molar refractivity (Wildman–Crippen MR) is 68.2 cm³/mol. The number of hydrogen-bond acceptors (Lipinski definition) is 4. The first kappa shape index (κ1) is 12.1. The Labute approximate surface area is 106 Å². The Balaban J connectivity index is 2.16. The number of ether oxygens (including phenoxy) is 1. The number of pyridine rings is 1. The maximum absolute atomic E-state index is 8.90. The minimum atomic E-state index is 0.281. The summed E-state index contributed by atoms with van der Waals surface area (Å²) >= 11 is 0. The van der Waals surface area contributed by atoms with Gasteiger partial charge in [0.25, 0.3) is 0 Å². The van der Waals surface area contributed by atoms with Crippen LogP contribution in [0.4, 0.5) is 0 Å². The summed E-state index contributed by atoms with van der Waals surface area (Å²) in [7, 11) is 0. The lowest BCUT2D eigenvalue weighted by Crippen LogP contribution is -2.02. The molecule has 1 aromatic carbocycles. The second-order valence-electron chi connectivity index (χ2n) is 3.75. The van der Waals surface area contributed by atoms with Crippen molar-refractivity contribution < 1.29 is 4.74 Å². The van der Waals surface area contributed by atoms with E-state index in [1.807, 2.05) is 30.3 Å². The Hall–Kier alpha value is -2.38. The van der Waals surface area contributed by atoms with Crippen molar-refractivity contribution in [1.82, 2.24) is 4.98 Å². The number of nitrogens with zero attached hydrogens (tertiary/aromatic N) is 2. The topological polar surface area (TPSA) is 71.9 Å². The van der Waals surface area contributed by atoms with Crippen LogP contribution in [0.3, 0.4) is 0 Å². The first-order chi connectivity index (χ1) is 8.83. The molecule has 4 heteroatoms. The molecule has 0 aliphatic heterocycles. The average Bonchev–Trinajstić information content (AvgIpc) is 2.42. The number of aromatic nitrogens is 1. The molecule has 0 unspecified atom stereocenters. The van der Waals surface area contributed by atoms with Crippen LogP contribution in [0, 0.1) is 11.3 Å². The van der Waals surface area contributed by atoms with Crippen LogP contribution >= 0.6 is 0 Å². The molecule has 1 aromatic heterocycles. The molecule has 2 rings (SSSR count). The highest BCUT2D eigenvalue weighted by atomic mass is 16.5. The number of nitriles is 1. The zero-order valence-corrected chi connectivity index (χ0v) is 9.84. The molecule has 0 radical (unpaired) electrons. The fourth-order valence-electron chi connectivity index (χ4n) is 1.57. The molecule has 0 aliphatic rings. The third kappa shape index (κ3) is 2.84. The summed E-state index contributed by atoms with van der Waals surface area (Å²) in [5.74, 6) is 1.15. The smallest absolute Gasteiger partial charge is 0.183 e. The van der Waals surface area contributed by atoms with Gasteiger partial charge < -0.3 is 10.5 Å². The van der Waals surface area contributed by atoms with Crippen LogP contribution in [0.1, 0.15) is 11.3 Å². The zero-order chi connectivity index (χ0) is 12.8. The van der Waals surface area contributed by atoms with Gasteiger partial charge in [0.2, 0.25) is 0 Å². The van der Waals surface area contributed by atoms with Crippen molar-refractivity contribution in [3.05, 3.63) is 53.9 Å². The van der Waals surface area contributed by atoms with Crippen molar-refractivity contribution in [2.45, 2.75) is 6.42 Å². The van der Waals surface area contributed by atoms with Crippen molar-refractivity contribution >= 4 is 0 Å². The van der Waals surface area contributed by atoms with Crippen molar-refractivity contribution in [3.63, 3.8) is 0 Å². The minimum Gasteiger partial charge on any atom is -0.454 e. The van der Waals surface area contributed by atoms with E-state index >= 15 is 0 Å². The average molecular weight is 239 g/mol. The molecule has 0 saturated heterocycles. The highest BCUT2D eigenvalue weighted by Gasteiger charge is 2.04. The van der Waals surface area contributed by atoms with Crippen LogP contribution in [0.15, 0.2) is 42.6 Å². The Bertz CT molecular complexity index is 558. The van der Waals surface area contributed by atoms with E-state index in [0.717, 1.165) is 12.0 Å². The molecule has 90 valence electrons. The Kier molecular flexibility index (Phi) is 3.90. The maximum atomic E-state index is 8.90. The molecule has 0 fully saturated rings. The van der Waals surface area contributed by atoms with Crippen molar-refractivity contribution in [3.8, 4) is 17.6 Å². The SMILES string of the molecule is N#Cc1ncccc1Oc1ccc(CCN)cc1. The summed E-state index contributed by atoms with van der Waals surface area (Å²) in [4.78, 5) is 3.94. The van der Waals surface area contributed by atoms with E-state index < -0.39 is 0 Å². The third-order valence-corrected chi connectivity index (χ3v) is 2.46. The molecule has 18 heavy (non-hydrogen) atoms.